The van der Waals surface area contributed by atoms with Crippen molar-refractivity contribution < 1.29 is 17.7 Å². The van der Waals surface area contributed by atoms with Crippen LogP contribution in [0.15, 0.2) is 39.9 Å². The number of hydrogen-bond donors (Lipinski definition) is 1. The third-order valence-electron chi connectivity index (χ3n) is 3.62. The standard InChI is InChI=1S/C14H15N3O4S/c1-10(18)17-6-4-11-8-13(3-2-12(11)9-17)22(19,20)16-14-5-7-21-15-14/h2-3,5,7-8H,4,6,9H2,1H3,(H,15,16). The number of fused-ring (bicyclic) bond motifs is 1. The molecule has 2 aromatic rings. The van der Waals surface area contributed by atoms with Crippen LogP contribution in [0.25, 0.3) is 0 Å². The van der Waals surface area contributed by atoms with E-state index in [1.807, 2.05) is 0 Å². The van der Waals surface area contributed by atoms with E-state index in [0.29, 0.717) is 19.5 Å². The van der Waals surface area contributed by atoms with Crippen molar-refractivity contribution in [3.63, 3.8) is 0 Å². The summed E-state index contributed by atoms with van der Waals surface area (Å²) in [6.07, 6.45) is 1.93. The number of carbonyl (C=O) groups excluding carboxylic acids is 1. The van der Waals surface area contributed by atoms with Crippen LogP contribution in [0.2, 0.25) is 0 Å². The number of benzene rings is 1. The molecule has 8 heteroatoms. The molecule has 0 aliphatic carbocycles. The minimum absolute atomic E-state index is 0.0232. The molecule has 116 valence electrons. The molecule has 0 saturated heterocycles. The molecule has 1 aromatic heterocycles. The smallest absolute Gasteiger partial charge is 0.263 e. The van der Waals surface area contributed by atoms with Gasteiger partial charge in [-0.3, -0.25) is 9.52 Å². The fourth-order valence-electron chi connectivity index (χ4n) is 2.43. The maximum Gasteiger partial charge on any atom is 0.263 e. The molecule has 1 aromatic carbocycles. The van der Waals surface area contributed by atoms with Crippen molar-refractivity contribution in [3.8, 4) is 0 Å². The highest BCUT2D eigenvalue weighted by atomic mass is 32.2. The molecule has 0 saturated carbocycles. The average molecular weight is 321 g/mol. The van der Waals surface area contributed by atoms with Gasteiger partial charge in [0, 0.05) is 26.1 Å². The highest BCUT2D eigenvalue weighted by Crippen LogP contribution is 2.23. The van der Waals surface area contributed by atoms with Crippen molar-refractivity contribution in [1.29, 1.82) is 0 Å². The average Bonchev–Trinajstić information content (AvgIpc) is 2.98. The topological polar surface area (TPSA) is 92.5 Å². The number of carbonyl (C=O) groups is 1. The molecule has 7 nitrogen and oxygen atoms in total. The fourth-order valence-corrected chi connectivity index (χ4v) is 3.47. The molecule has 0 unspecified atom stereocenters. The summed E-state index contributed by atoms with van der Waals surface area (Å²) < 4.78 is 31.6. The van der Waals surface area contributed by atoms with Crippen molar-refractivity contribution in [3.05, 3.63) is 41.7 Å². The van der Waals surface area contributed by atoms with Crippen LogP contribution in [-0.2, 0) is 27.8 Å². The zero-order valence-electron chi connectivity index (χ0n) is 11.9. The van der Waals surface area contributed by atoms with E-state index in [2.05, 4.69) is 14.4 Å². The minimum atomic E-state index is -3.70. The van der Waals surface area contributed by atoms with E-state index >= 15 is 0 Å². The number of anilines is 1. The fraction of sp³-hybridized carbons (Fsp3) is 0.286. The predicted molar refractivity (Wildman–Crippen MR) is 78.5 cm³/mol. The van der Waals surface area contributed by atoms with Crippen molar-refractivity contribution in [2.24, 2.45) is 0 Å². The first-order valence-electron chi connectivity index (χ1n) is 6.76. The molecular weight excluding hydrogens is 306 g/mol. The van der Waals surface area contributed by atoms with Gasteiger partial charge in [0.1, 0.15) is 6.26 Å². The Morgan fingerprint density at radius 2 is 2.14 bits per heavy atom. The van der Waals surface area contributed by atoms with E-state index in [1.54, 1.807) is 17.0 Å². The highest BCUT2D eigenvalue weighted by molar-refractivity contribution is 7.92. The zero-order valence-corrected chi connectivity index (χ0v) is 12.8. The van der Waals surface area contributed by atoms with Gasteiger partial charge in [-0.2, -0.15) is 0 Å². The molecule has 1 aliphatic heterocycles. The number of aromatic nitrogens is 1. The first-order chi connectivity index (χ1) is 10.5. The van der Waals surface area contributed by atoms with Gasteiger partial charge in [-0.25, -0.2) is 8.42 Å². The molecule has 1 N–H and O–H groups in total. The SMILES string of the molecule is CC(=O)N1CCc2cc(S(=O)(=O)Nc3ccon3)ccc2C1. The van der Waals surface area contributed by atoms with E-state index in [4.69, 9.17) is 0 Å². The summed E-state index contributed by atoms with van der Waals surface area (Å²) in [6.45, 7) is 2.65. The van der Waals surface area contributed by atoms with Crippen molar-refractivity contribution >= 4 is 21.7 Å². The number of hydrogen-bond acceptors (Lipinski definition) is 5. The lowest BCUT2D eigenvalue weighted by atomic mass is 10.00. The first kappa shape index (κ1) is 14.6. The summed E-state index contributed by atoms with van der Waals surface area (Å²) in [4.78, 5) is 13.3. The molecule has 0 atom stereocenters. The first-order valence-corrected chi connectivity index (χ1v) is 8.24. The zero-order chi connectivity index (χ0) is 15.7. The second kappa shape index (κ2) is 5.45. The molecule has 0 fully saturated rings. The molecule has 0 radical (unpaired) electrons. The normalized spacial score (nSPS) is 14.5. The van der Waals surface area contributed by atoms with Gasteiger partial charge >= 0.3 is 0 Å². The van der Waals surface area contributed by atoms with E-state index in [9.17, 15) is 13.2 Å². The lowest BCUT2D eigenvalue weighted by Gasteiger charge is -2.28. The Hall–Kier alpha value is -2.35. The Bertz CT molecular complexity index is 800. The lowest BCUT2D eigenvalue weighted by molar-refractivity contribution is -0.129. The molecule has 22 heavy (non-hydrogen) atoms. The maximum atomic E-state index is 12.3. The van der Waals surface area contributed by atoms with Gasteiger partial charge in [0.2, 0.25) is 5.91 Å². The summed E-state index contributed by atoms with van der Waals surface area (Å²) in [5.41, 5.74) is 1.92. The Balaban J connectivity index is 1.86. The van der Waals surface area contributed by atoms with Crippen LogP contribution in [0.4, 0.5) is 5.82 Å². The maximum absolute atomic E-state index is 12.3. The van der Waals surface area contributed by atoms with Crippen LogP contribution >= 0.6 is 0 Å². The van der Waals surface area contributed by atoms with Crippen LogP contribution in [0, 0.1) is 0 Å². The molecule has 0 bridgehead atoms. The van der Waals surface area contributed by atoms with Crippen molar-refractivity contribution in [1.82, 2.24) is 10.1 Å². The van der Waals surface area contributed by atoms with Crippen molar-refractivity contribution in [2.45, 2.75) is 24.8 Å². The molecule has 1 amide bonds. The molecule has 0 spiro atoms. The van der Waals surface area contributed by atoms with Crippen LogP contribution in [0.3, 0.4) is 0 Å². The number of sulfonamides is 1. The van der Waals surface area contributed by atoms with Crippen LogP contribution in [-0.4, -0.2) is 30.9 Å². The quantitative estimate of drug-likeness (QED) is 0.922. The van der Waals surface area contributed by atoms with Crippen LogP contribution < -0.4 is 4.72 Å². The largest absolute Gasteiger partial charge is 0.363 e. The summed E-state index contributed by atoms with van der Waals surface area (Å²) in [5.74, 6) is 0.163. The lowest BCUT2D eigenvalue weighted by Crippen LogP contribution is -2.34. The monoisotopic (exact) mass is 321 g/mol. The molecule has 2 heterocycles. The Morgan fingerprint density at radius 1 is 1.32 bits per heavy atom. The summed E-state index contributed by atoms with van der Waals surface area (Å²) in [6, 6.07) is 6.36. The van der Waals surface area contributed by atoms with Gasteiger partial charge < -0.3 is 9.42 Å². The third kappa shape index (κ3) is 2.82. The summed E-state index contributed by atoms with van der Waals surface area (Å²) in [5, 5.41) is 3.53. The minimum Gasteiger partial charge on any atom is -0.363 e. The van der Waals surface area contributed by atoms with Crippen LogP contribution in [0.5, 0.6) is 0 Å². The number of amides is 1. The van der Waals surface area contributed by atoms with Gasteiger partial charge in [-0.05, 0) is 29.7 Å². The Kier molecular flexibility index (Phi) is 3.61. The van der Waals surface area contributed by atoms with Crippen molar-refractivity contribution in [2.75, 3.05) is 11.3 Å². The third-order valence-corrected chi connectivity index (χ3v) is 4.97. The Labute approximate surface area is 128 Å². The van der Waals surface area contributed by atoms with Gasteiger partial charge in [0.15, 0.2) is 5.82 Å². The Morgan fingerprint density at radius 3 is 2.82 bits per heavy atom. The molecule has 3 rings (SSSR count). The number of nitrogens with one attached hydrogen (secondary N) is 1. The summed E-state index contributed by atoms with van der Waals surface area (Å²) in [7, 11) is -3.70. The van der Waals surface area contributed by atoms with Crippen LogP contribution in [0.1, 0.15) is 18.1 Å². The van der Waals surface area contributed by atoms with E-state index < -0.39 is 10.0 Å². The van der Waals surface area contributed by atoms with Gasteiger partial charge in [0.25, 0.3) is 10.0 Å². The second-order valence-electron chi connectivity index (χ2n) is 5.11. The van der Waals surface area contributed by atoms with Gasteiger partial charge in [-0.1, -0.05) is 11.2 Å². The molecular formula is C14H15N3O4S. The van der Waals surface area contributed by atoms with E-state index in [1.165, 1.54) is 25.3 Å². The van der Waals surface area contributed by atoms with E-state index in [-0.39, 0.29) is 16.6 Å². The second-order valence-corrected chi connectivity index (χ2v) is 6.79. The highest BCUT2D eigenvalue weighted by Gasteiger charge is 2.22. The predicted octanol–water partition coefficient (Wildman–Crippen LogP) is 1.38. The van der Waals surface area contributed by atoms with Gasteiger partial charge in [-0.15, -0.1) is 0 Å². The summed E-state index contributed by atoms with van der Waals surface area (Å²) >= 11 is 0. The number of rotatable bonds is 3. The van der Waals surface area contributed by atoms with Gasteiger partial charge in [0.05, 0.1) is 4.90 Å². The van der Waals surface area contributed by atoms with E-state index in [0.717, 1.165) is 11.1 Å². The number of nitrogens with zero attached hydrogens (tertiary/aromatic N) is 2. The molecule has 1 aliphatic rings.